The first-order valence-corrected chi connectivity index (χ1v) is 21.5. The summed E-state index contributed by atoms with van der Waals surface area (Å²) in [4.78, 5) is 10.7. The molecule has 0 saturated carbocycles. The molecule has 5 heteroatoms. The average Bonchev–Trinajstić information content (AvgIpc) is 3.83. The Labute approximate surface area is 363 Å². The van der Waals surface area contributed by atoms with Crippen molar-refractivity contribution >= 4 is 43.7 Å². The van der Waals surface area contributed by atoms with Gasteiger partial charge in [0.15, 0.2) is 0 Å². The number of aromatic hydroxyl groups is 1. The number of benzene rings is 7. The Morgan fingerprint density at radius 3 is 1.90 bits per heavy atom. The maximum atomic E-state index is 12.3. The minimum atomic E-state index is -0.347. The number of phenolic OH excluding ortho intramolecular Hbond substituents is 1. The van der Waals surface area contributed by atoms with Crippen molar-refractivity contribution < 1.29 is 9.52 Å². The molecule has 0 unspecified atom stereocenters. The number of rotatable bonds is 6. The van der Waals surface area contributed by atoms with Crippen molar-refractivity contribution in [2.45, 2.75) is 71.6 Å². The smallest absolute Gasteiger partial charge is 0.149 e. The molecule has 7 aromatic carbocycles. The Balaban J connectivity index is 1.23. The highest BCUT2D eigenvalue weighted by atomic mass is 16.3. The van der Waals surface area contributed by atoms with E-state index in [9.17, 15) is 5.11 Å². The number of fused-ring (bicyclic) bond motifs is 5. The van der Waals surface area contributed by atoms with E-state index in [1.54, 1.807) is 0 Å². The van der Waals surface area contributed by atoms with Crippen LogP contribution in [0.3, 0.4) is 0 Å². The summed E-state index contributed by atoms with van der Waals surface area (Å²) < 4.78 is 8.76. The third-order valence-electron chi connectivity index (χ3n) is 12.7. The van der Waals surface area contributed by atoms with Gasteiger partial charge in [0.05, 0.1) is 22.3 Å². The molecule has 0 radical (unpaired) electrons. The molecule has 0 amide bonds. The number of hydrogen-bond acceptors (Lipinski definition) is 4. The highest BCUT2D eigenvalue weighted by molar-refractivity contribution is 6.10. The second-order valence-corrected chi connectivity index (χ2v) is 19.4. The molecular weight excluding hydrogens is 759 g/mol. The maximum absolute atomic E-state index is 12.3. The standard InChI is InChI=1S/C57H51N3O2/c1-55(2,3)40-31-45(53(61)47(32-40)56(4,5)6)54-59-52-43(24-17-25-49(52)60(54)42-22-13-10-14-23-42)37-26-38(28-41(27-37)57(7,8)39-20-11-9-12-21-39)48-33-51-46(34-58-48)44-29-35-18-15-16-19-36(35)30-50(44)62-51/h9-34,61H,1-8H3. The fourth-order valence-electron chi connectivity index (χ4n) is 8.99. The van der Waals surface area contributed by atoms with E-state index >= 15 is 0 Å². The highest BCUT2D eigenvalue weighted by Gasteiger charge is 2.30. The zero-order chi connectivity index (χ0) is 43.1. The zero-order valence-corrected chi connectivity index (χ0v) is 36.7. The van der Waals surface area contributed by atoms with Crippen LogP contribution in [0, 0.1) is 0 Å². The monoisotopic (exact) mass is 809 g/mol. The minimum Gasteiger partial charge on any atom is -0.507 e. The van der Waals surface area contributed by atoms with Gasteiger partial charge in [-0.1, -0.05) is 152 Å². The topological polar surface area (TPSA) is 64.1 Å². The quantitative estimate of drug-likeness (QED) is 0.182. The Hall–Kier alpha value is -6.98. The molecule has 5 nitrogen and oxygen atoms in total. The van der Waals surface area contributed by atoms with E-state index in [0.29, 0.717) is 11.4 Å². The SMILES string of the molecule is CC(C)(C)c1cc(-c2nc3c(-c4cc(-c5cc6oc7cc8ccccc8cc7c6cn5)cc(C(C)(C)c5ccccc5)c4)cccc3n2-c2ccccc2)c(O)c(C(C)(C)C)c1. The lowest BCUT2D eigenvalue weighted by Gasteiger charge is -2.27. The molecule has 0 bridgehead atoms. The predicted molar refractivity (Wildman–Crippen MR) is 258 cm³/mol. The second-order valence-electron chi connectivity index (χ2n) is 19.4. The number of pyridine rings is 1. The van der Waals surface area contributed by atoms with Crippen molar-refractivity contribution in [3.8, 4) is 45.2 Å². The van der Waals surface area contributed by atoms with Crippen molar-refractivity contribution in [2.24, 2.45) is 0 Å². The van der Waals surface area contributed by atoms with Gasteiger partial charge in [0, 0.05) is 50.8 Å². The van der Waals surface area contributed by atoms with E-state index in [1.165, 1.54) is 10.9 Å². The Morgan fingerprint density at radius 2 is 1.19 bits per heavy atom. The van der Waals surface area contributed by atoms with Gasteiger partial charge in [-0.3, -0.25) is 9.55 Å². The summed E-state index contributed by atoms with van der Waals surface area (Å²) in [6.07, 6.45) is 1.96. The van der Waals surface area contributed by atoms with Gasteiger partial charge in [0.2, 0.25) is 0 Å². The zero-order valence-electron chi connectivity index (χ0n) is 36.7. The third kappa shape index (κ3) is 6.64. The lowest BCUT2D eigenvalue weighted by molar-refractivity contribution is 0.446. The maximum Gasteiger partial charge on any atom is 0.149 e. The number of imidazole rings is 1. The Morgan fingerprint density at radius 1 is 0.532 bits per heavy atom. The van der Waals surface area contributed by atoms with Crippen molar-refractivity contribution in [3.63, 3.8) is 0 Å². The van der Waals surface area contributed by atoms with E-state index < -0.39 is 0 Å². The largest absolute Gasteiger partial charge is 0.507 e. The fraction of sp³-hybridized carbons (Fsp3) is 0.193. The molecule has 10 aromatic rings. The summed E-state index contributed by atoms with van der Waals surface area (Å²) in [5.74, 6) is 0.951. The first-order valence-electron chi connectivity index (χ1n) is 21.5. The molecule has 3 aromatic heterocycles. The van der Waals surface area contributed by atoms with Gasteiger partial charge >= 0.3 is 0 Å². The Bertz CT molecular complexity index is 3340. The molecule has 3 heterocycles. The van der Waals surface area contributed by atoms with E-state index in [-0.39, 0.29) is 22.0 Å². The van der Waals surface area contributed by atoms with Crippen molar-refractivity contribution in [2.75, 3.05) is 0 Å². The van der Waals surface area contributed by atoms with E-state index in [0.717, 1.165) is 83.1 Å². The van der Waals surface area contributed by atoms with Crippen molar-refractivity contribution in [1.82, 2.24) is 14.5 Å². The molecule has 0 saturated heterocycles. The molecule has 0 spiro atoms. The summed E-state index contributed by atoms with van der Waals surface area (Å²) in [5.41, 5.74) is 12.6. The Kier molecular flexibility index (Phi) is 9.04. The summed E-state index contributed by atoms with van der Waals surface area (Å²) in [6, 6.07) is 53.4. The molecule has 0 aliphatic rings. The van der Waals surface area contributed by atoms with Crippen LogP contribution < -0.4 is 0 Å². The molecule has 0 aliphatic heterocycles. The second kappa shape index (κ2) is 14.3. The first kappa shape index (κ1) is 39.2. The van der Waals surface area contributed by atoms with Gasteiger partial charge in [-0.2, -0.15) is 0 Å². The van der Waals surface area contributed by atoms with E-state index in [1.807, 2.05) is 12.3 Å². The fourth-order valence-corrected chi connectivity index (χ4v) is 8.99. The molecular formula is C57H51N3O2. The summed E-state index contributed by atoms with van der Waals surface area (Å²) in [7, 11) is 0. The van der Waals surface area contributed by atoms with Gasteiger partial charge < -0.3 is 9.52 Å². The van der Waals surface area contributed by atoms with Gasteiger partial charge in [-0.25, -0.2) is 4.98 Å². The van der Waals surface area contributed by atoms with Crippen LogP contribution in [0.5, 0.6) is 5.75 Å². The van der Waals surface area contributed by atoms with Crippen LogP contribution in [0.15, 0.2) is 162 Å². The van der Waals surface area contributed by atoms with Crippen molar-refractivity contribution in [1.29, 1.82) is 0 Å². The molecule has 62 heavy (non-hydrogen) atoms. The summed E-state index contributed by atoms with van der Waals surface area (Å²) >= 11 is 0. The van der Waals surface area contributed by atoms with Crippen LogP contribution in [-0.4, -0.2) is 19.6 Å². The van der Waals surface area contributed by atoms with Crippen LogP contribution in [0.4, 0.5) is 0 Å². The molecule has 306 valence electrons. The number of furan rings is 1. The van der Waals surface area contributed by atoms with Crippen LogP contribution in [0.1, 0.15) is 77.6 Å². The number of phenols is 1. The lowest BCUT2D eigenvalue weighted by Crippen LogP contribution is -2.19. The normalized spacial score (nSPS) is 12.6. The number of nitrogens with zero attached hydrogens (tertiary/aromatic N) is 3. The summed E-state index contributed by atoms with van der Waals surface area (Å²) in [5, 5.41) is 16.6. The van der Waals surface area contributed by atoms with E-state index in [4.69, 9.17) is 14.4 Å². The molecule has 0 fully saturated rings. The average molecular weight is 810 g/mol. The number of para-hydroxylation sites is 2. The van der Waals surface area contributed by atoms with Crippen molar-refractivity contribution in [3.05, 3.63) is 180 Å². The minimum absolute atomic E-state index is 0.160. The molecule has 10 rings (SSSR count). The molecule has 0 aliphatic carbocycles. The molecule has 1 N–H and O–H groups in total. The van der Waals surface area contributed by atoms with Crippen LogP contribution in [0.2, 0.25) is 0 Å². The van der Waals surface area contributed by atoms with Gasteiger partial charge in [-0.05, 0) is 92.4 Å². The van der Waals surface area contributed by atoms with Gasteiger partial charge in [-0.15, -0.1) is 0 Å². The van der Waals surface area contributed by atoms with Crippen LogP contribution in [0.25, 0.3) is 83.2 Å². The molecule has 0 atom stereocenters. The van der Waals surface area contributed by atoms with Crippen LogP contribution >= 0.6 is 0 Å². The van der Waals surface area contributed by atoms with Gasteiger partial charge in [0.1, 0.15) is 22.7 Å². The lowest BCUT2D eigenvalue weighted by atomic mass is 9.76. The van der Waals surface area contributed by atoms with E-state index in [2.05, 4.69) is 206 Å². The third-order valence-corrected chi connectivity index (χ3v) is 12.7. The van der Waals surface area contributed by atoms with Gasteiger partial charge in [0.25, 0.3) is 0 Å². The van der Waals surface area contributed by atoms with Crippen LogP contribution in [-0.2, 0) is 16.2 Å². The predicted octanol–water partition coefficient (Wildman–Crippen LogP) is 15.1. The number of aromatic nitrogens is 3. The summed E-state index contributed by atoms with van der Waals surface area (Å²) in [6.45, 7) is 17.7. The highest BCUT2D eigenvalue weighted by Crippen LogP contribution is 2.45. The first-order chi connectivity index (χ1) is 29.6. The number of hydrogen-bond donors (Lipinski definition) is 1.